The van der Waals surface area contributed by atoms with Crippen molar-refractivity contribution < 1.29 is 14.2 Å². The minimum atomic E-state index is -0.494. The molecule has 0 spiro atoms. The van der Waals surface area contributed by atoms with Crippen molar-refractivity contribution in [2.45, 2.75) is 71.9 Å². The van der Waals surface area contributed by atoms with E-state index in [0.717, 1.165) is 36.4 Å². The van der Waals surface area contributed by atoms with Gasteiger partial charge in [-0.25, -0.2) is 0 Å². The topological polar surface area (TPSA) is 39.7 Å². The smallest absolute Gasteiger partial charge is 0.132 e. The van der Waals surface area contributed by atoms with E-state index in [1.54, 1.807) is 0 Å². The van der Waals surface area contributed by atoms with Gasteiger partial charge in [-0.05, 0) is 63.4 Å². The minimum absolute atomic E-state index is 0.164. The van der Waals surface area contributed by atoms with Crippen molar-refractivity contribution in [3.05, 3.63) is 59.2 Å². The number of hydrogen-bond donors (Lipinski definition) is 1. The Kier molecular flexibility index (Phi) is 7.20. The number of hydrogen-bond acceptors (Lipinski definition) is 4. The van der Waals surface area contributed by atoms with Crippen molar-refractivity contribution in [2.75, 3.05) is 18.5 Å². The largest absolute Gasteiger partial charge is 0.485 e. The summed E-state index contributed by atoms with van der Waals surface area (Å²) in [6.45, 7) is 12.7. The second-order valence-electron chi connectivity index (χ2n) is 8.29. The van der Waals surface area contributed by atoms with Crippen LogP contribution in [0.2, 0.25) is 0 Å². The zero-order valence-electron chi connectivity index (χ0n) is 18.5. The number of aryl methyl sites for hydroxylation is 1. The van der Waals surface area contributed by atoms with Crippen LogP contribution in [0.25, 0.3) is 0 Å². The van der Waals surface area contributed by atoms with Gasteiger partial charge in [0.05, 0.1) is 6.61 Å². The van der Waals surface area contributed by atoms with Crippen molar-refractivity contribution >= 4 is 5.69 Å². The van der Waals surface area contributed by atoms with E-state index in [2.05, 4.69) is 76.3 Å². The van der Waals surface area contributed by atoms with Gasteiger partial charge in [-0.3, -0.25) is 0 Å². The molecule has 0 aromatic heterocycles. The van der Waals surface area contributed by atoms with Crippen molar-refractivity contribution in [1.29, 1.82) is 0 Å². The molecule has 1 N–H and O–H groups in total. The minimum Gasteiger partial charge on any atom is -0.485 e. The standard InChI is InChI=1S/C25H35NO3/c1-6-8-15-27-23-21-16-20(26-7-2)13-14-22(21)29-25(4,5)24(23)28-17-19-12-10-9-11-18(19)3/h9-14,16,23-24,26H,6-8,15,17H2,1-5H3. The molecule has 4 heteroatoms. The number of benzene rings is 2. The average Bonchev–Trinajstić information content (AvgIpc) is 2.69. The first-order valence-electron chi connectivity index (χ1n) is 10.8. The number of ether oxygens (including phenoxy) is 3. The maximum absolute atomic E-state index is 6.49. The normalized spacial score (nSPS) is 20.0. The van der Waals surface area contributed by atoms with Gasteiger partial charge in [-0.2, -0.15) is 0 Å². The molecule has 0 bridgehead atoms. The van der Waals surface area contributed by atoms with E-state index in [0.29, 0.717) is 13.2 Å². The molecule has 2 unspecified atom stereocenters. The molecule has 158 valence electrons. The van der Waals surface area contributed by atoms with Gasteiger partial charge >= 0.3 is 0 Å². The van der Waals surface area contributed by atoms with Crippen molar-refractivity contribution in [3.63, 3.8) is 0 Å². The highest BCUT2D eigenvalue weighted by atomic mass is 16.6. The molecule has 4 nitrogen and oxygen atoms in total. The zero-order chi connectivity index (χ0) is 20.9. The van der Waals surface area contributed by atoms with Gasteiger partial charge in [-0.1, -0.05) is 37.6 Å². The summed E-state index contributed by atoms with van der Waals surface area (Å²) < 4.78 is 19.3. The zero-order valence-corrected chi connectivity index (χ0v) is 18.5. The molecule has 0 amide bonds. The van der Waals surface area contributed by atoms with Crippen molar-refractivity contribution in [2.24, 2.45) is 0 Å². The molecule has 1 heterocycles. The van der Waals surface area contributed by atoms with Gasteiger partial charge < -0.3 is 19.5 Å². The molecular weight excluding hydrogens is 362 g/mol. The maximum Gasteiger partial charge on any atom is 0.132 e. The lowest BCUT2D eigenvalue weighted by molar-refractivity contribution is -0.167. The van der Waals surface area contributed by atoms with Crippen LogP contribution in [-0.2, 0) is 16.1 Å². The van der Waals surface area contributed by atoms with E-state index >= 15 is 0 Å². The highest BCUT2D eigenvalue weighted by molar-refractivity contribution is 5.53. The Hall–Kier alpha value is -2.04. The Morgan fingerprint density at radius 3 is 2.59 bits per heavy atom. The van der Waals surface area contributed by atoms with Gasteiger partial charge in [0.25, 0.3) is 0 Å². The third kappa shape index (κ3) is 5.12. The summed E-state index contributed by atoms with van der Waals surface area (Å²) in [6.07, 6.45) is 1.77. The molecule has 1 aliphatic heterocycles. The van der Waals surface area contributed by atoms with Crippen LogP contribution in [0.5, 0.6) is 5.75 Å². The van der Waals surface area contributed by atoms with Gasteiger partial charge in [0.2, 0.25) is 0 Å². The van der Waals surface area contributed by atoms with Crippen LogP contribution < -0.4 is 10.1 Å². The van der Waals surface area contributed by atoms with E-state index in [4.69, 9.17) is 14.2 Å². The third-order valence-electron chi connectivity index (χ3n) is 5.51. The van der Waals surface area contributed by atoms with Crippen LogP contribution in [0.1, 0.15) is 63.3 Å². The fourth-order valence-corrected chi connectivity index (χ4v) is 3.82. The van der Waals surface area contributed by atoms with Crippen LogP contribution in [0.3, 0.4) is 0 Å². The first-order valence-corrected chi connectivity index (χ1v) is 10.8. The monoisotopic (exact) mass is 397 g/mol. The summed E-state index contributed by atoms with van der Waals surface area (Å²) in [5.74, 6) is 0.883. The fraction of sp³-hybridized carbons (Fsp3) is 0.520. The van der Waals surface area contributed by atoms with Gasteiger partial charge in [0.15, 0.2) is 0 Å². The van der Waals surface area contributed by atoms with Crippen LogP contribution in [0.15, 0.2) is 42.5 Å². The number of nitrogens with one attached hydrogen (secondary N) is 1. The lowest BCUT2D eigenvalue weighted by Crippen LogP contribution is -2.51. The molecule has 0 aliphatic carbocycles. The molecule has 0 fully saturated rings. The van der Waals surface area contributed by atoms with Crippen LogP contribution in [-0.4, -0.2) is 24.9 Å². The van der Waals surface area contributed by atoms with E-state index in [-0.39, 0.29) is 12.2 Å². The SMILES string of the molecule is CCCCOC1c2cc(NCC)ccc2OC(C)(C)C1OCc1ccccc1C. The quantitative estimate of drug-likeness (QED) is 0.524. The second kappa shape index (κ2) is 9.64. The molecule has 0 saturated carbocycles. The van der Waals surface area contributed by atoms with Crippen LogP contribution >= 0.6 is 0 Å². The van der Waals surface area contributed by atoms with Gasteiger partial charge in [0, 0.05) is 24.4 Å². The van der Waals surface area contributed by atoms with Crippen molar-refractivity contribution in [3.8, 4) is 5.75 Å². The summed E-state index contributed by atoms with van der Waals surface area (Å²) in [7, 11) is 0. The number of fused-ring (bicyclic) bond motifs is 1. The molecule has 2 aromatic rings. The van der Waals surface area contributed by atoms with E-state index in [9.17, 15) is 0 Å². The van der Waals surface area contributed by atoms with Gasteiger partial charge in [0.1, 0.15) is 23.6 Å². The predicted octanol–water partition coefficient (Wildman–Crippen LogP) is 6.04. The Balaban J connectivity index is 1.90. The Morgan fingerprint density at radius 1 is 1.07 bits per heavy atom. The first-order chi connectivity index (χ1) is 14.0. The predicted molar refractivity (Wildman–Crippen MR) is 119 cm³/mol. The first kappa shape index (κ1) is 21.7. The molecular formula is C25H35NO3. The van der Waals surface area contributed by atoms with E-state index in [1.807, 2.05) is 6.07 Å². The summed E-state index contributed by atoms with van der Waals surface area (Å²) in [4.78, 5) is 0. The highest BCUT2D eigenvalue weighted by Crippen LogP contribution is 2.44. The van der Waals surface area contributed by atoms with Gasteiger partial charge in [-0.15, -0.1) is 0 Å². The molecule has 29 heavy (non-hydrogen) atoms. The number of anilines is 1. The summed E-state index contributed by atoms with van der Waals surface area (Å²) in [5.41, 5.74) is 4.08. The highest BCUT2D eigenvalue weighted by Gasteiger charge is 2.45. The molecule has 2 aromatic carbocycles. The summed E-state index contributed by atoms with van der Waals surface area (Å²) in [5, 5.41) is 3.39. The van der Waals surface area contributed by atoms with E-state index < -0.39 is 5.60 Å². The average molecular weight is 398 g/mol. The Labute approximate surface area is 175 Å². The summed E-state index contributed by atoms with van der Waals surface area (Å²) >= 11 is 0. The molecule has 0 saturated heterocycles. The maximum atomic E-state index is 6.49. The Bertz CT molecular complexity index is 802. The number of rotatable bonds is 9. The third-order valence-corrected chi connectivity index (χ3v) is 5.51. The molecule has 3 rings (SSSR count). The molecule has 1 aliphatic rings. The molecule has 0 radical (unpaired) electrons. The number of unbranched alkanes of at least 4 members (excludes halogenated alkanes) is 1. The van der Waals surface area contributed by atoms with Crippen LogP contribution in [0.4, 0.5) is 5.69 Å². The molecule has 2 atom stereocenters. The fourth-order valence-electron chi connectivity index (χ4n) is 3.82. The van der Waals surface area contributed by atoms with Crippen LogP contribution in [0, 0.1) is 6.92 Å². The second-order valence-corrected chi connectivity index (χ2v) is 8.29. The lowest BCUT2D eigenvalue weighted by atomic mass is 9.87. The Morgan fingerprint density at radius 2 is 1.86 bits per heavy atom. The van der Waals surface area contributed by atoms with Crippen molar-refractivity contribution in [1.82, 2.24) is 0 Å². The lowest BCUT2D eigenvalue weighted by Gasteiger charge is -2.44. The van der Waals surface area contributed by atoms with E-state index in [1.165, 1.54) is 11.1 Å². The summed E-state index contributed by atoms with van der Waals surface area (Å²) in [6, 6.07) is 14.6.